The fourth-order valence-corrected chi connectivity index (χ4v) is 1.33. The first-order valence-corrected chi connectivity index (χ1v) is 4.79. The second-order valence-electron chi connectivity index (χ2n) is 3.18. The van der Waals surface area contributed by atoms with Crippen LogP contribution in [0.1, 0.15) is 19.8 Å². The zero-order valence-corrected chi connectivity index (χ0v) is 8.03. The van der Waals surface area contributed by atoms with Gasteiger partial charge in [0.2, 0.25) is 0 Å². The van der Waals surface area contributed by atoms with Crippen molar-refractivity contribution in [1.29, 1.82) is 0 Å². The molecule has 0 bridgehead atoms. The minimum absolute atomic E-state index is 0.187. The Morgan fingerprint density at radius 1 is 1.31 bits per heavy atom. The lowest BCUT2D eigenvalue weighted by Crippen LogP contribution is -2.23. The lowest BCUT2D eigenvalue weighted by molar-refractivity contribution is 0.268. The maximum Gasteiger partial charge on any atom is 0.0632 e. The summed E-state index contributed by atoms with van der Waals surface area (Å²) in [6.45, 7) is 2.32. The van der Waals surface area contributed by atoms with Crippen LogP contribution in [0, 0.1) is 0 Å². The first-order chi connectivity index (χ1) is 6.36. The van der Waals surface area contributed by atoms with Gasteiger partial charge in [-0.25, -0.2) is 0 Å². The number of aliphatic hydroxyl groups is 1. The molecular weight excluding hydrogens is 162 g/mol. The molecule has 1 unspecified atom stereocenters. The van der Waals surface area contributed by atoms with E-state index in [9.17, 15) is 0 Å². The molecule has 72 valence electrons. The average molecular weight is 179 g/mol. The average Bonchev–Trinajstić information content (AvgIpc) is 2.19. The smallest absolute Gasteiger partial charge is 0.0632 e. The highest BCUT2D eigenvalue weighted by atomic mass is 16.3. The van der Waals surface area contributed by atoms with Crippen molar-refractivity contribution in [2.24, 2.45) is 0 Å². The Morgan fingerprint density at radius 2 is 2.00 bits per heavy atom. The third-order valence-electron chi connectivity index (χ3n) is 2.00. The number of para-hydroxylation sites is 1. The highest BCUT2D eigenvalue weighted by molar-refractivity contribution is 5.43. The van der Waals surface area contributed by atoms with E-state index < -0.39 is 0 Å². The van der Waals surface area contributed by atoms with E-state index >= 15 is 0 Å². The lowest BCUT2D eigenvalue weighted by atomic mass is 10.1. The van der Waals surface area contributed by atoms with Gasteiger partial charge in [-0.05, 0) is 18.6 Å². The van der Waals surface area contributed by atoms with Crippen molar-refractivity contribution in [2.45, 2.75) is 25.8 Å². The maximum absolute atomic E-state index is 9.06. The van der Waals surface area contributed by atoms with Crippen molar-refractivity contribution in [3.63, 3.8) is 0 Å². The van der Waals surface area contributed by atoms with Crippen molar-refractivity contribution >= 4 is 5.69 Å². The molecule has 2 nitrogen and oxygen atoms in total. The number of nitrogens with one attached hydrogen (secondary N) is 1. The molecular formula is C11H17NO. The summed E-state index contributed by atoms with van der Waals surface area (Å²) in [5.74, 6) is 0. The van der Waals surface area contributed by atoms with E-state index in [-0.39, 0.29) is 12.6 Å². The fraction of sp³-hybridized carbons (Fsp3) is 0.455. The zero-order chi connectivity index (χ0) is 9.52. The van der Waals surface area contributed by atoms with Crippen molar-refractivity contribution in [1.82, 2.24) is 0 Å². The quantitative estimate of drug-likeness (QED) is 0.726. The lowest BCUT2D eigenvalue weighted by Gasteiger charge is -2.16. The standard InChI is InChI=1S/C11H17NO/c1-2-6-11(9-13)12-10-7-4-3-5-8-10/h3-5,7-8,11-13H,2,6,9H2,1H3. The van der Waals surface area contributed by atoms with Gasteiger partial charge in [0.05, 0.1) is 6.61 Å². The minimum Gasteiger partial charge on any atom is -0.394 e. The maximum atomic E-state index is 9.06. The molecule has 0 saturated carbocycles. The number of hydrogen-bond donors (Lipinski definition) is 2. The van der Waals surface area contributed by atoms with E-state index in [1.165, 1.54) is 0 Å². The molecule has 0 aromatic heterocycles. The highest BCUT2D eigenvalue weighted by Crippen LogP contribution is 2.09. The molecule has 0 heterocycles. The molecule has 1 aromatic carbocycles. The van der Waals surface area contributed by atoms with Crippen LogP contribution in [0.2, 0.25) is 0 Å². The molecule has 0 aliphatic rings. The topological polar surface area (TPSA) is 32.3 Å². The summed E-state index contributed by atoms with van der Waals surface area (Å²) in [5.41, 5.74) is 1.08. The van der Waals surface area contributed by atoms with Crippen LogP contribution in [0.25, 0.3) is 0 Å². The first-order valence-electron chi connectivity index (χ1n) is 4.79. The molecule has 13 heavy (non-hydrogen) atoms. The van der Waals surface area contributed by atoms with Gasteiger partial charge in [0, 0.05) is 11.7 Å². The van der Waals surface area contributed by atoms with Crippen molar-refractivity contribution in [2.75, 3.05) is 11.9 Å². The second kappa shape index (κ2) is 5.60. The number of hydrogen-bond acceptors (Lipinski definition) is 2. The van der Waals surface area contributed by atoms with Crippen LogP contribution in [0.5, 0.6) is 0 Å². The molecule has 2 heteroatoms. The van der Waals surface area contributed by atoms with Crippen molar-refractivity contribution < 1.29 is 5.11 Å². The van der Waals surface area contributed by atoms with Crippen LogP contribution in [0.4, 0.5) is 5.69 Å². The van der Waals surface area contributed by atoms with Crippen molar-refractivity contribution in [3.8, 4) is 0 Å². The predicted octanol–water partition coefficient (Wildman–Crippen LogP) is 2.26. The number of anilines is 1. The second-order valence-corrected chi connectivity index (χ2v) is 3.18. The fourth-order valence-electron chi connectivity index (χ4n) is 1.33. The normalized spacial score (nSPS) is 12.5. The van der Waals surface area contributed by atoms with Gasteiger partial charge >= 0.3 is 0 Å². The SMILES string of the molecule is CCCC(CO)Nc1ccccc1. The summed E-state index contributed by atoms with van der Waals surface area (Å²) < 4.78 is 0. The summed E-state index contributed by atoms with van der Waals surface area (Å²) in [6, 6.07) is 10.2. The van der Waals surface area contributed by atoms with E-state index in [1.807, 2.05) is 30.3 Å². The molecule has 0 amide bonds. The Hall–Kier alpha value is -1.02. The van der Waals surface area contributed by atoms with Gasteiger partial charge in [-0.1, -0.05) is 31.5 Å². The van der Waals surface area contributed by atoms with Crippen LogP contribution in [-0.2, 0) is 0 Å². The Bertz CT molecular complexity index is 223. The largest absolute Gasteiger partial charge is 0.394 e. The van der Waals surface area contributed by atoms with Crippen LogP contribution in [-0.4, -0.2) is 17.8 Å². The molecule has 2 N–H and O–H groups in total. The molecule has 1 rings (SSSR count). The molecule has 0 fully saturated rings. The minimum atomic E-state index is 0.187. The van der Waals surface area contributed by atoms with Crippen LogP contribution in [0.3, 0.4) is 0 Å². The third kappa shape index (κ3) is 3.47. The highest BCUT2D eigenvalue weighted by Gasteiger charge is 2.04. The molecule has 1 aromatic rings. The predicted molar refractivity (Wildman–Crippen MR) is 55.8 cm³/mol. The molecule has 0 saturated heterocycles. The van der Waals surface area contributed by atoms with Crippen LogP contribution < -0.4 is 5.32 Å². The Labute approximate surface area is 79.6 Å². The Kier molecular flexibility index (Phi) is 4.33. The van der Waals surface area contributed by atoms with Gasteiger partial charge in [-0.15, -0.1) is 0 Å². The van der Waals surface area contributed by atoms with E-state index in [4.69, 9.17) is 5.11 Å². The summed E-state index contributed by atoms with van der Waals surface area (Å²) in [4.78, 5) is 0. The molecule has 1 atom stereocenters. The molecule has 0 aliphatic heterocycles. The summed E-state index contributed by atoms with van der Waals surface area (Å²) in [6.07, 6.45) is 2.09. The summed E-state index contributed by atoms with van der Waals surface area (Å²) in [7, 11) is 0. The molecule has 0 aliphatic carbocycles. The van der Waals surface area contributed by atoms with Gasteiger partial charge in [-0.2, -0.15) is 0 Å². The molecule has 0 radical (unpaired) electrons. The van der Waals surface area contributed by atoms with Gasteiger partial charge in [0.15, 0.2) is 0 Å². The van der Waals surface area contributed by atoms with Gasteiger partial charge in [0.1, 0.15) is 0 Å². The number of rotatable bonds is 5. The summed E-state index contributed by atoms with van der Waals surface area (Å²) >= 11 is 0. The van der Waals surface area contributed by atoms with Gasteiger partial charge in [-0.3, -0.25) is 0 Å². The summed E-state index contributed by atoms with van der Waals surface area (Å²) in [5, 5.41) is 12.3. The van der Waals surface area contributed by atoms with E-state index in [0.717, 1.165) is 18.5 Å². The van der Waals surface area contributed by atoms with E-state index in [2.05, 4.69) is 12.2 Å². The zero-order valence-electron chi connectivity index (χ0n) is 8.03. The Balaban J connectivity index is 2.46. The third-order valence-corrected chi connectivity index (χ3v) is 2.00. The molecule has 0 spiro atoms. The van der Waals surface area contributed by atoms with Crippen LogP contribution >= 0.6 is 0 Å². The van der Waals surface area contributed by atoms with E-state index in [1.54, 1.807) is 0 Å². The van der Waals surface area contributed by atoms with Crippen LogP contribution in [0.15, 0.2) is 30.3 Å². The monoisotopic (exact) mass is 179 g/mol. The van der Waals surface area contributed by atoms with E-state index in [0.29, 0.717) is 0 Å². The van der Waals surface area contributed by atoms with Crippen molar-refractivity contribution in [3.05, 3.63) is 30.3 Å². The van der Waals surface area contributed by atoms with Gasteiger partial charge < -0.3 is 10.4 Å². The van der Waals surface area contributed by atoms with Gasteiger partial charge in [0.25, 0.3) is 0 Å². The Morgan fingerprint density at radius 3 is 2.54 bits per heavy atom. The number of aliphatic hydroxyl groups excluding tert-OH is 1. The number of benzene rings is 1. The first kappa shape index (κ1) is 10.1.